The molecule has 3 aromatic rings. The Morgan fingerprint density at radius 2 is 2.07 bits per heavy atom. The fourth-order valence-corrected chi connectivity index (χ4v) is 3.80. The Morgan fingerprint density at radius 1 is 1.25 bits per heavy atom. The van der Waals surface area contributed by atoms with Crippen LogP contribution in [0.3, 0.4) is 0 Å². The van der Waals surface area contributed by atoms with Gasteiger partial charge in [0, 0.05) is 31.4 Å². The standard InChI is InChI=1S/C22H24N4O2/c23-22(28)21-18-10-15(6-7-17(18)11-20(21)27)12-24-8-9-26-13-19(25-14-26)16-4-2-1-3-5-16/h1-7,10,13-14,20-21,24,27H,8-9,11-12H2,(H2,23,28)/t20-,21-/m1/s1. The lowest BCUT2D eigenvalue weighted by Gasteiger charge is -2.12. The predicted octanol–water partition coefficient (Wildman–Crippen LogP) is 1.83. The van der Waals surface area contributed by atoms with Crippen molar-refractivity contribution in [1.82, 2.24) is 14.9 Å². The Kier molecular flexibility index (Phi) is 5.23. The van der Waals surface area contributed by atoms with Gasteiger partial charge in [0.15, 0.2) is 0 Å². The molecule has 4 rings (SSSR count). The molecule has 1 heterocycles. The van der Waals surface area contributed by atoms with E-state index < -0.39 is 17.9 Å². The van der Waals surface area contributed by atoms with E-state index in [0.717, 1.165) is 41.0 Å². The fourth-order valence-electron chi connectivity index (χ4n) is 3.80. The maximum Gasteiger partial charge on any atom is 0.227 e. The van der Waals surface area contributed by atoms with Crippen LogP contribution in [0.15, 0.2) is 61.1 Å². The van der Waals surface area contributed by atoms with Gasteiger partial charge in [0.2, 0.25) is 5.91 Å². The molecule has 0 spiro atoms. The third-order valence-corrected chi connectivity index (χ3v) is 5.24. The van der Waals surface area contributed by atoms with Crippen LogP contribution in [0.5, 0.6) is 0 Å². The second-order valence-corrected chi connectivity index (χ2v) is 7.22. The Bertz CT molecular complexity index is 968. The number of aliphatic hydroxyl groups excluding tert-OH is 1. The molecule has 0 radical (unpaired) electrons. The topological polar surface area (TPSA) is 93.2 Å². The lowest BCUT2D eigenvalue weighted by molar-refractivity contribution is -0.121. The molecule has 28 heavy (non-hydrogen) atoms. The first-order chi connectivity index (χ1) is 13.6. The van der Waals surface area contributed by atoms with Gasteiger partial charge in [-0.25, -0.2) is 4.98 Å². The molecular formula is C22H24N4O2. The second kappa shape index (κ2) is 7.96. The number of hydrogen-bond acceptors (Lipinski definition) is 4. The summed E-state index contributed by atoms with van der Waals surface area (Å²) in [6, 6.07) is 16.1. The highest BCUT2D eigenvalue weighted by Gasteiger charge is 2.35. The summed E-state index contributed by atoms with van der Waals surface area (Å²) in [6.45, 7) is 2.30. The molecule has 2 atom stereocenters. The number of nitrogens with two attached hydrogens (primary N) is 1. The van der Waals surface area contributed by atoms with Crippen molar-refractivity contribution < 1.29 is 9.90 Å². The number of primary amides is 1. The van der Waals surface area contributed by atoms with Crippen molar-refractivity contribution in [2.75, 3.05) is 6.54 Å². The van der Waals surface area contributed by atoms with Crippen LogP contribution in [0.25, 0.3) is 11.3 Å². The molecule has 144 valence electrons. The summed E-state index contributed by atoms with van der Waals surface area (Å²) < 4.78 is 2.07. The molecular weight excluding hydrogens is 352 g/mol. The van der Waals surface area contributed by atoms with Crippen molar-refractivity contribution in [1.29, 1.82) is 0 Å². The van der Waals surface area contributed by atoms with Crippen LogP contribution in [0.1, 0.15) is 22.6 Å². The number of amides is 1. The summed E-state index contributed by atoms with van der Waals surface area (Å²) in [5, 5.41) is 13.5. The van der Waals surface area contributed by atoms with Crippen LogP contribution in [0.4, 0.5) is 0 Å². The fraction of sp³-hybridized carbons (Fsp3) is 0.273. The molecule has 0 saturated heterocycles. The number of hydrogen-bond donors (Lipinski definition) is 3. The third-order valence-electron chi connectivity index (χ3n) is 5.24. The molecule has 0 unspecified atom stereocenters. The number of nitrogens with zero attached hydrogens (tertiary/aromatic N) is 2. The molecule has 6 nitrogen and oxygen atoms in total. The molecule has 0 bridgehead atoms. The number of aliphatic hydroxyl groups is 1. The van der Waals surface area contributed by atoms with Crippen molar-refractivity contribution in [2.45, 2.75) is 31.5 Å². The number of carbonyl (C=O) groups excluding carboxylic acids is 1. The Hall–Kier alpha value is -2.96. The maximum atomic E-state index is 11.6. The minimum Gasteiger partial charge on any atom is -0.392 e. The highest BCUT2D eigenvalue weighted by atomic mass is 16.3. The molecule has 0 saturated carbocycles. The smallest absolute Gasteiger partial charge is 0.227 e. The summed E-state index contributed by atoms with van der Waals surface area (Å²) in [4.78, 5) is 16.1. The van der Waals surface area contributed by atoms with Crippen molar-refractivity contribution >= 4 is 5.91 Å². The number of carbonyl (C=O) groups is 1. The average Bonchev–Trinajstić information content (AvgIpc) is 3.29. The molecule has 1 aromatic heterocycles. The van der Waals surface area contributed by atoms with Crippen LogP contribution in [-0.2, 0) is 24.3 Å². The second-order valence-electron chi connectivity index (χ2n) is 7.22. The van der Waals surface area contributed by atoms with Gasteiger partial charge in [0.05, 0.1) is 24.0 Å². The normalized spacial score (nSPS) is 18.2. The van der Waals surface area contributed by atoms with Crippen molar-refractivity contribution in [3.8, 4) is 11.3 Å². The molecule has 0 fully saturated rings. The molecule has 4 N–H and O–H groups in total. The summed E-state index contributed by atoms with van der Waals surface area (Å²) in [5.41, 5.74) is 10.5. The van der Waals surface area contributed by atoms with E-state index >= 15 is 0 Å². The first kappa shape index (κ1) is 18.4. The van der Waals surface area contributed by atoms with Crippen LogP contribution < -0.4 is 11.1 Å². The predicted molar refractivity (Wildman–Crippen MR) is 107 cm³/mol. The molecule has 6 heteroatoms. The largest absolute Gasteiger partial charge is 0.392 e. The Morgan fingerprint density at radius 3 is 2.86 bits per heavy atom. The number of fused-ring (bicyclic) bond motifs is 1. The average molecular weight is 376 g/mol. The quantitative estimate of drug-likeness (QED) is 0.549. The van der Waals surface area contributed by atoms with E-state index in [-0.39, 0.29) is 0 Å². The zero-order chi connectivity index (χ0) is 19.5. The van der Waals surface area contributed by atoms with Gasteiger partial charge in [0.1, 0.15) is 0 Å². The SMILES string of the molecule is NC(=O)[C@@H]1c2cc(CNCCn3cnc(-c4ccccc4)c3)ccc2C[C@H]1O. The van der Waals surface area contributed by atoms with Gasteiger partial charge < -0.3 is 20.7 Å². The Labute approximate surface area is 164 Å². The molecule has 1 aliphatic rings. The van der Waals surface area contributed by atoms with E-state index in [0.29, 0.717) is 13.0 Å². The third kappa shape index (κ3) is 3.83. The van der Waals surface area contributed by atoms with E-state index in [4.69, 9.17) is 5.73 Å². The summed E-state index contributed by atoms with van der Waals surface area (Å²) in [7, 11) is 0. The van der Waals surface area contributed by atoms with Gasteiger partial charge in [0.25, 0.3) is 0 Å². The lowest BCUT2D eigenvalue weighted by atomic mass is 9.97. The van der Waals surface area contributed by atoms with Crippen molar-refractivity contribution in [2.24, 2.45) is 5.73 Å². The van der Waals surface area contributed by atoms with Gasteiger partial charge in [-0.1, -0.05) is 48.5 Å². The van der Waals surface area contributed by atoms with E-state index in [1.54, 1.807) is 0 Å². The number of benzene rings is 2. The van der Waals surface area contributed by atoms with Gasteiger partial charge in [-0.05, 0) is 23.1 Å². The number of aromatic nitrogens is 2. The number of rotatable bonds is 7. The van der Waals surface area contributed by atoms with Crippen LogP contribution >= 0.6 is 0 Å². The summed E-state index contributed by atoms with van der Waals surface area (Å²) in [5.74, 6) is -1.07. The Balaban J connectivity index is 1.32. The molecule has 1 amide bonds. The summed E-state index contributed by atoms with van der Waals surface area (Å²) in [6.07, 6.45) is 3.67. The maximum absolute atomic E-state index is 11.6. The van der Waals surface area contributed by atoms with E-state index in [2.05, 4.69) is 27.0 Å². The first-order valence-electron chi connectivity index (χ1n) is 9.49. The van der Waals surface area contributed by atoms with Crippen molar-refractivity contribution in [3.05, 3.63) is 77.7 Å². The minimum atomic E-state index is -0.712. The van der Waals surface area contributed by atoms with Gasteiger partial charge in [-0.15, -0.1) is 0 Å². The van der Waals surface area contributed by atoms with Crippen LogP contribution in [0.2, 0.25) is 0 Å². The van der Waals surface area contributed by atoms with E-state index in [1.807, 2.05) is 48.9 Å². The molecule has 2 aromatic carbocycles. The minimum absolute atomic E-state index is 0.467. The summed E-state index contributed by atoms with van der Waals surface area (Å²) >= 11 is 0. The number of nitrogens with one attached hydrogen (secondary N) is 1. The van der Waals surface area contributed by atoms with Crippen molar-refractivity contribution in [3.63, 3.8) is 0 Å². The van der Waals surface area contributed by atoms with Gasteiger partial charge >= 0.3 is 0 Å². The number of imidazole rings is 1. The van der Waals surface area contributed by atoms with E-state index in [9.17, 15) is 9.90 Å². The van der Waals surface area contributed by atoms with Gasteiger partial charge in [-0.3, -0.25) is 4.79 Å². The van der Waals surface area contributed by atoms with Gasteiger partial charge in [-0.2, -0.15) is 0 Å². The van der Waals surface area contributed by atoms with E-state index in [1.165, 1.54) is 0 Å². The first-order valence-corrected chi connectivity index (χ1v) is 9.49. The highest BCUT2D eigenvalue weighted by molar-refractivity contribution is 5.84. The molecule has 1 aliphatic carbocycles. The van der Waals surface area contributed by atoms with Crippen LogP contribution in [0, 0.1) is 0 Å². The highest BCUT2D eigenvalue weighted by Crippen LogP contribution is 2.33. The zero-order valence-electron chi connectivity index (χ0n) is 15.6. The molecule has 0 aliphatic heterocycles. The zero-order valence-corrected chi connectivity index (χ0v) is 15.6. The van der Waals surface area contributed by atoms with Crippen LogP contribution in [-0.4, -0.2) is 33.2 Å². The monoisotopic (exact) mass is 376 g/mol. The lowest BCUT2D eigenvalue weighted by Crippen LogP contribution is -2.28.